The summed E-state index contributed by atoms with van der Waals surface area (Å²) >= 11 is 0. The summed E-state index contributed by atoms with van der Waals surface area (Å²) in [6, 6.07) is 24.5. The number of imidazole rings is 1. The van der Waals surface area contributed by atoms with Gasteiger partial charge < -0.3 is 10.2 Å². The highest BCUT2D eigenvalue weighted by atomic mass is 16.2. The molecule has 1 N–H and O–H groups in total. The summed E-state index contributed by atoms with van der Waals surface area (Å²) in [5, 5.41) is 3.01. The normalized spacial score (nSPS) is 15.0. The highest BCUT2D eigenvalue weighted by molar-refractivity contribution is 5.98. The van der Waals surface area contributed by atoms with E-state index in [2.05, 4.69) is 10.3 Å². The van der Waals surface area contributed by atoms with Gasteiger partial charge in [0, 0.05) is 24.3 Å². The van der Waals surface area contributed by atoms with Crippen LogP contribution in [0.15, 0.2) is 85.2 Å². The Kier molecular flexibility index (Phi) is 5.42. The number of nitrogens with one attached hydrogen (secondary N) is 1. The van der Waals surface area contributed by atoms with Crippen molar-refractivity contribution < 1.29 is 9.59 Å². The van der Waals surface area contributed by atoms with Crippen LogP contribution >= 0.6 is 0 Å². The minimum atomic E-state index is -0.638. The molecule has 1 saturated heterocycles. The number of piperidine rings is 1. The van der Waals surface area contributed by atoms with E-state index >= 15 is 0 Å². The van der Waals surface area contributed by atoms with Gasteiger partial charge in [-0.2, -0.15) is 0 Å². The van der Waals surface area contributed by atoms with Gasteiger partial charge in [-0.25, -0.2) is 4.98 Å². The maximum absolute atomic E-state index is 13.3. The Balaban J connectivity index is 1.39. The zero-order valence-electron chi connectivity index (χ0n) is 17.6. The molecule has 160 valence electrons. The smallest absolute Gasteiger partial charge is 0.251 e. The fourth-order valence-electron chi connectivity index (χ4n) is 4.29. The van der Waals surface area contributed by atoms with Crippen molar-refractivity contribution >= 4 is 28.5 Å². The minimum Gasteiger partial charge on any atom is -0.327 e. The molecule has 0 spiro atoms. The van der Waals surface area contributed by atoms with Crippen LogP contribution in [-0.2, 0) is 9.59 Å². The molecule has 0 aliphatic carbocycles. The Morgan fingerprint density at radius 2 is 1.66 bits per heavy atom. The lowest BCUT2D eigenvalue weighted by molar-refractivity contribution is -0.141. The highest BCUT2D eigenvalue weighted by Crippen LogP contribution is 2.27. The van der Waals surface area contributed by atoms with Gasteiger partial charge in [0.2, 0.25) is 5.91 Å². The summed E-state index contributed by atoms with van der Waals surface area (Å²) < 4.78 is 2.01. The van der Waals surface area contributed by atoms with Crippen molar-refractivity contribution in [1.29, 1.82) is 0 Å². The first-order chi connectivity index (χ1) is 15.7. The lowest BCUT2D eigenvalue weighted by atomic mass is 10.0. The van der Waals surface area contributed by atoms with Crippen molar-refractivity contribution in [3.63, 3.8) is 0 Å². The SMILES string of the molecule is O=C(Nc1ccc(-n2cnc3ccccc32)cc1)C(c1ccccc1)N1CCCCC1=O. The van der Waals surface area contributed by atoms with Gasteiger partial charge in [0.15, 0.2) is 0 Å². The van der Waals surface area contributed by atoms with E-state index in [1.54, 1.807) is 11.2 Å². The van der Waals surface area contributed by atoms with Crippen LogP contribution in [0.2, 0.25) is 0 Å². The summed E-state index contributed by atoms with van der Waals surface area (Å²) in [5.74, 6) is -0.171. The summed E-state index contributed by atoms with van der Waals surface area (Å²) in [7, 11) is 0. The topological polar surface area (TPSA) is 67.2 Å². The molecule has 0 radical (unpaired) electrons. The van der Waals surface area contributed by atoms with Crippen LogP contribution in [0, 0.1) is 0 Å². The molecule has 0 saturated carbocycles. The number of para-hydroxylation sites is 2. The van der Waals surface area contributed by atoms with Gasteiger partial charge in [0.25, 0.3) is 5.91 Å². The number of hydrogen-bond donors (Lipinski definition) is 1. The number of amides is 2. The Bertz CT molecular complexity index is 1250. The monoisotopic (exact) mass is 424 g/mol. The molecule has 1 aromatic heterocycles. The van der Waals surface area contributed by atoms with E-state index in [0.717, 1.165) is 35.1 Å². The molecule has 1 unspecified atom stereocenters. The van der Waals surface area contributed by atoms with Crippen LogP contribution in [-0.4, -0.2) is 32.8 Å². The third-order valence-corrected chi connectivity index (χ3v) is 5.90. The van der Waals surface area contributed by atoms with Crippen molar-refractivity contribution in [3.8, 4) is 5.69 Å². The van der Waals surface area contributed by atoms with Crippen LogP contribution in [0.1, 0.15) is 30.9 Å². The molecule has 1 fully saturated rings. The predicted molar refractivity (Wildman–Crippen MR) is 124 cm³/mol. The van der Waals surface area contributed by atoms with Crippen LogP contribution in [0.5, 0.6) is 0 Å². The Labute approximate surface area is 186 Å². The molecule has 4 aromatic rings. The van der Waals surface area contributed by atoms with E-state index in [0.29, 0.717) is 18.7 Å². The highest BCUT2D eigenvalue weighted by Gasteiger charge is 2.32. The van der Waals surface area contributed by atoms with Crippen molar-refractivity contribution in [1.82, 2.24) is 14.5 Å². The number of rotatable bonds is 5. The molecule has 6 nitrogen and oxygen atoms in total. The quantitative estimate of drug-likeness (QED) is 0.504. The summed E-state index contributed by atoms with van der Waals surface area (Å²) in [6.45, 7) is 0.596. The van der Waals surface area contributed by atoms with E-state index in [4.69, 9.17) is 0 Å². The van der Waals surface area contributed by atoms with Gasteiger partial charge in [-0.1, -0.05) is 42.5 Å². The second-order valence-electron chi connectivity index (χ2n) is 8.00. The van der Waals surface area contributed by atoms with E-state index in [1.807, 2.05) is 83.4 Å². The van der Waals surface area contributed by atoms with Crippen molar-refractivity contribution in [2.24, 2.45) is 0 Å². The Morgan fingerprint density at radius 3 is 2.44 bits per heavy atom. The lowest BCUT2D eigenvalue weighted by Gasteiger charge is -2.34. The number of carbonyl (C=O) groups is 2. The molecule has 5 rings (SSSR count). The molecule has 2 heterocycles. The lowest BCUT2D eigenvalue weighted by Crippen LogP contribution is -2.43. The third-order valence-electron chi connectivity index (χ3n) is 5.90. The molecule has 1 aliphatic heterocycles. The van der Waals surface area contributed by atoms with Crippen LogP contribution in [0.4, 0.5) is 5.69 Å². The Hall–Kier alpha value is -3.93. The van der Waals surface area contributed by atoms with Gasteiger partial charge in [-0.3, -0.25) is 14.2 Å². The molecule has 2 amide bonds. The number of anilines is 1. The number of fused-ring (bicyclic) bond motifs is 1. The molecule has 6 heteroatoms. The maximum atomic E-state index is 13.3. The summed E-state index contributed by atoms with van der Waals surface area (Å²) in [6.07, 6.45) is 4.08. The second kappa shape index (κ2) is 8.67. The van der Waals surface area contributed by atoms with Gasteiger partial charge in [0.05, 0.1) is 11.0 Å². The van der Waals surface area contributed by atoms with Gasteiger partial charge >= 0.3 is 0 Å². The van der Waals surface area contributed by atoms with Gasteiger partial charge in [0.1, 0.15) is 12.4 Å². The Morgan fingerprint density at radius 1 is 0.906 bits per heavy atom. The molecular formula is C26H24N4O2. The van der Waals surface area contributed by atoms with Crippen molar-refractivity contribution in [2.75, 3.05) is 11.9 Å². The van der Waals surface area contributed by atoms with E-state index in [9.17, 15) is 9.59 Å². The second-order valence-corrected chi connectivity index (χ2v) is 8.00. The maximum Gasteiger partial charge on any atom is 0.251 e. The molecule has 3 aromatic carbocycles. The van der Waals surface area contributed by atoms with E-state index < -0.39 is 6.04 Å². The van der Waals surface area contributed by atoms with Crippen LogP contribution in [0.25, 0.3) is 16.7 Å². The van der Waals surface area contributed by atoms with Gasteiger partial charge in [-0.15, -0.1) is 0 Å². The van der Waals surface area contributed by atoms with Crippen LogP contribution < -0.4 is 5.32 Å². The minimum absolute atomic E-state index is 0.0302. The summed E-state index contributed by atoms with van der Waals surface area (Å²) in [5.41, 5.74) is 4.43. The van der Waals surface area contributed by atoms with E-state index in [-0.39, 0.29) is 11.8 Å². The fraction of sp³-hybridized carbons (Fsp3) is 0.192. The number of hydrogen-bond acceptors (Lipinski definition) is 3. The first-order valence-electron chi connectivity index (χ1n) is 10.9. The number of likely N-dealkylation sites (tertiary alicyclic amines) is 1. The van der Waals surface area contributed by atoms with Gasteiger partial charge in [-0.05, 0) is 54.8 Å². The average molecular weight is 425 g/mol. The predicted octanol–water partition coefficient (Wildman–Crippen LogP) is 4.72. The summed E-state index contributed by atoms with van der Waals surface area (Å²) in [4.78, 5) is 32.1. The number of carbonyl (C=O) groups excluding carboxylic acids is 2. The molecular weight excluding hydrogens is 400 g/mol. The molecule has 1 aliphatic rings. The third kappa shape index (κ3) is 3.87. The average Bonchev–Trinajstić information content (AvgIpc) is 3.26. The molecule has 1 atom stereocenters. The van der Waals surface area contributed by atoms with E-state index in [1.165, 1.54) is 0 Å². The number of nitrogens with zero attached hydrogens (tertiary/aromatic N) is 3. The van der Waals surface area contributed by atoms with Crippen LogP contribution in [0.3, 0.4) is 0 Å². The first-order valence-corrected chi connectivity index (χ1v) is 10.9. The molecule has 0 bridgehead atoms. The fourth-order valence-corrected chi connectivity index (χ4v) is 4.29. The zero-order valence-corrected chi connectivity index (χ0v) is 17.6. The van der Waals surface area contributed by atoms with Crippen molar-refractivity contribution in [2.45, 2.75) is 25.3 Å². The zero-order chi connectivity index (χ0) is 21.9. The standard InChI is InChI=1S/C26H24N4O2/c31-24-12-6-7-17-29(24)25(19-8-2-1-3-9-19)26(32)28-20-13-15-21(16-14-20)30-18-27-22-10-4-5-11-23(22)30/h1-5,8-11,13-16,18,25H,6-7,12,17H2,(H,28,32). The molecule has 32 heavy (non-hydrogen) atoms. The number of aromatic nitrogens is 2. The van der Waals surface area contributed by atoms with Crippen molar-refractivity contribution in [3.05, 3.63) is 90.8 Å². The number of benzene rings is 3. The first kappa shape index (κ1) is 20.0. The largest absolute Gasteiger partial charge is 0.327 e.